The smallest absolute Gasteiger partial charge is 0.201 e. The highest BCUT2D eigenvalue weighted by Gasteiger charge is 2.17. The molecule has 0 aliphatic carbocycles. The van der Waals surface area contributed by atoms with Gasteiger partial charge in [0.25, 0.3) is 0 Å². The Morgan fingerprint density at radius 1 is 0.600 bits per heavy atom. The molecule has 1 heterocycles. The second-order valence-corrected chi connectivity index (χ2v) is 8.35. The summed E-state index contributed by atoms with van der Waals surface area (Å²) in [5.74, 6) is 0. The molecule has 0 spiro atoms. The molecule has 0 atom stereocenters. The topological polar surface area (TPSA) is 3.88 Å². The third-order valence-electron chi connectivity index (χ3n) is 6.29. The summed E-state index contributed by atoms with van der Waals surface area (Å²) in [6.45, 7) is 6.61. The van der Waals surface area contributed by atoms with Gasteiger partial charge in [0.05, 0.1) is 0 Å². The summed E-state index contributed by atoms with van der Waals surface area (Å²) < 4.78 is 2.23. The van der Waals surface area contributed by atoms with Crippen LogP contribution in [-0.2, 0) is 7.05 Å². The van der Waals surface area contributed by atoms with Gasteiger partial charge in [-0.3, -0.25) is 0 Å². The molecule has 5 aromatic rings. The zero-order chi connectivity index (χ0) is 20.8. The van der Waals surface area contributed by atoms with Crippen LogP contribution in [0.4, 0.5) is 0 Å². The third kappa shape index (κ3) is 2.98. The second kappa shape index (κ2) is 7.11. The van der Waals surface area contributed by atoms with E-state index in [1.807, 2.05) is 0 Å². The largest absolute Gasteiger partial charge is 0.213 e. The van der Waals surface area contributed by atoms with E-state index < -0.39 is 0 Å². The molecule has 1 heteroatoms. The number of fused-ring (bicyclic) bond motifs is 3. The molecule has 4 aromatic carbocycles. The highest BCUT2D eigenvalue weighted by atomic mass is 14.9. The molecule has 0 amide bonds. The highest BCUT2D eigenvalue weighted by molar-refractivity contribution is 6.09. The fourth-order valence-electron chi connectivity index (χ4n) is 4.71. The first-order valence-electron chi connectivity index (χ1n) is 10.5. The van der Waals surface area contributed by atoms with Crippen molar-refractivity contribution in [3.05, 3.63) is 102 Å². The van der Waals surface area contributed by atoms with E-state index in [4.69, 9.17) is 0 Å². The predicted molar refractivity (Wildman–Crippen MR) is 128 cm³/mol. The van der Waals surface area contributed by atoms with Crippen molar-refractivity contribution in [1.82, 2.24) is 0 Å². The lowest BCUT2D eigenvalue weighted by Crippen LogP contribution is -2.30. The van der Waals surface area contributed by atoms with Crippen molar-refractivity contribution in [1.29, 1.82) is 0 Å². The van der Waals surface area contributed by atoms with Crippen molar-refractivity contribution in [2.45, 2.75) is 20.8 Å². The number of hydrogen-bond donors (Lipinski definition) is 0. The van der Waals surface area contributed by atoms with Crippen LogP contribution in [0.2, 0.25) is 0 Å². The zero-order valence-electron chi connectivity index (χ0n) is 18.0. The minimum atomic E-state index is 1.24. The van der Waals surface area contributed by atoms with Crippen LogP contribution in [0.5, 0.6) is 0 Å². The Labute approximate surface area is 178 Å². The number of aryl methyl sites for hydroxylation is 4. The monoisotopic (exact) mass is 388 g/mol. The Kier molecular flexibility index (Phi) is 4.40. The van der Waals surface area contributed by atoms with E-state index in [1.54, 1.807) is 0 Å². The maximum Gasteiger partial charge on any atom is 0.213 e. The number of pyridine rings is 1. The van der Waals surface area contributed by atoms with E-state index in [2.05, 4.69) is 117 Å². The van der Waals surface area contributed by atoms with Gasteiger partial charge in [-0.05, 0) is 76.2 Å². The third-order valence-corrected chi connectivity index (χ3v) is 6.29. The molecule has 0 aliphatic heterocycles. The van der Waals surface area contributed by atoms with E-state index in [0.717, 1.165) is 0 Å². The molecule has 0 saturated heterocycles. The SMILES string of the molecule is Cc1cc2ccc3ccccc3c2cc1-c1cc(-c2c(C)cccc2C)cc[n+]1C. The molecule has 0 N–H and O–H groups in total. The lowest BCUT2D eigenvalue weighted by atomic mass is 9.92. The van der Waals surface area contributed by atoms with Crippen LogP contribution >= 0.6 is 0 Å². The summed E-state index contributed by atoms with van der Waals surface area (Å²) in [6, 6.07) is 28.9. The molecule has 0 unspecified atom stereocenters. The van der Waals surface area contributed by atoms with Gasteiger partial charge in [0.2, 0.25) is 5.69 Å². The summed E-state index contributed by atoms with van der Waals surface area (Å²) in [5.41, 5.74) is 9.07. The van der Waals surface area contributed by atoms with Crippen LogP contribution in [0.3, 0.4) is 0 Å². The lowest BCUT2D eigenvalue weighted by Gasteiger charge is -2.13. The first-order valence-corrected chi connectivity index (χ1v) is 10.5. The van der Waals surface area contributed by atoms with Crippen LogP contribution in [-0.4, -0.2) is 0 Å². The van der Waals surface area contributed by atoms with E-state index in [1.165, 1.54) is 60.6 Å². The summed E-state index contributed by atoms with van der Waals surface area (Å²) in [7, 11) is 2.14. The van der Waals surface area contributed by atoms with Gasteiger partial charge in [-0.1, -0.05) is 60.7 Å². The molecule has 146 valence electrons. The number of rotatable bonds is 2. The molecule has 0 radical (unpaired) electrons. The maximum atomic E-state index is 2.37. The summed E-state index contributed by atoms with van der Waals surface area (Å²) in [6.07, 6.45) is 2.18. The average molecular weight is 389 g/mol. The van der Waals surface area contributed by atoms with Gasteiger partial charge in [-0.15, -0.1) is 0 Å². The van der Waals surface area contributed by atoms with Crippen LogP contribution < -0.4 is 4.57 Å². The molecular weight excluding hydrogens is 362 g/mol. The highest BCUT2D eigenvalue weighted by Crippen LogP contribution is 2.34. The van der Waals surface area contributed by atoms with E-state index in [0.29, 0.717) is 0 Å². The second-order valence-electron chi connectivity index (χ2n) is 8.35. The molecule has 0 bridgehead atoms. The molecule has 30 heavy (non-hydrogen) atoms. The maximum absolute atomic E-state index is 2.37. The summed E-state index contributed by atoms with van der Waals surface area (Å²) in [5, 5.41) is 5.20. The van der Waals surface area contributed by atoms with Gasteiger partial charge in [-0.2, -0.15) is 0 Å². The molecule has 1 nitrogen and oxygen atoms in total. The number of aromatic nitrogens is 1. The Bertz CT molecular complexity index is 1410. The summed E-state index contributed by atoms with van der Waals surface area (Å²) in [4.78, 5) is 0. The van der Waals surface area contributed by atoms with Crippen molar-refractivity contribution in [3.8, 4) is 22.4 Å². The molecule has 0 aliphatic rings. The van der Waals surface area contributed by atoms with Crippen LogP contribution in [0.15, 0.2) is 85.1 Å². The first-order chi connectivity index (χ1) is 14.5. The minimum absolute atomic E-state index is 1.24. The molecule has 5 rings (SSSR count). The van der Waals surface area contributed by atoms with Gasteiger partial charge in [0.15, 0.2) is 6.20 Å². The Hall–Kier alpha value is -3.45. The molecule has 0 saturated carbocycles. The number of hydrogen-bond acceptors (Lipinski definition) is 0. The van der Waals surface area contributed by atoms with Crippen molar-refractivity contribution >= 4 is 21.5 Å². The predicted octanol–water partition coefficient (Wildman–Crippen LogP) is 7.08. The van der Waals surface area contributed by atoms with Crippen molar-refractivity contribution < 1.29 is 4.57 Å². The quantitative estimate of drug-likeness (QED) is 0.225. The fraction of sp³-hybridized carbons (Fsp3) is 0.138. The zero-order valence-corrected chi connectivity index (χ0v) is 18.0. The lowest BCUT2D eigenvalue weighted by molar-refractivity contribution is -0.660. The van der Waals surface area contributed by atoms with E-state index in [-0.39, 0.29) is 0 Å². The van der Waals surface area contributed by atoms with Gasteiger partial charge >= 0.3 is 0 Å². The Morgan fingerprint density at radius 2 is 1.33 bits per heavy atom. The van der Waals surface area contributed by atoms with Gasteiger partial charge < -0.3 is 0 Å². The number of nitrogens with zero attached hydrogens (tertiary/aromatic N) is 1. The van der Waals surface area contributed by atoms with Crippen molar-refractivity contribution in [2.75, 3.05) is 0 Å². The van der Waals surface area contributed by atoms with E-state index >= 15 is 0 Å². The van der Waals surface area contributed by atoms with Crippen LogP contribution in [0, 0.1) is 20.8 Å². The van der Waals surface area contributed by atoms with Crippen molar-refractivity contribution in [2.24, 2.45) is 7.05 Å². The van der Waals surface area contributed by atoms with Crippen molar-refractivity contribution in [3.63, 3.8) is 0 Å². The average Bonchev–Trinajstić information content (AvgIpc) is 2.74. The first kappa shape index (κ1) is 18.6. The van der Waals surface area contributed by atoms with Crippen LogP contribution in [0.25, 0.3) is 43.9 Å². The van der Waals surface area contributed by atoms with Gasteiger partial charge in [-0.25, -0.2) is 4.57 Å². The molecular formula is C29H26N+. The van der Waals surface area contributed by atoms with Gasteiger partial charge in [0.1, 0.15) is 7.05 Å². The normalized spacial score (nSPS) is 11.3. The van der Waals surface area contributed by atoms with Crippen LogP contribution in [0.1, 0.15) is 16.7 Å². The number of benzene rings is 4. The Balaban J connectivity index is 1.78. The standard InChI is InChI=1S/C29H26N/c1-19-8-7-9-20(2)29(19)24-14-15-30(4)28(17-24)26-18-27-23(16-21(26)3)13-12-22-10-5-6-11-25(22)27/h5-18H,1-4H3/q+1. The Morgan fingerprint density at radius 3 is 2.13 bits per heavy atom. The fourth-order valence-corrected chi connectivity index (χ4v) is 4.71. The van der Waals surface area contributed by atoms with Gasteiger partial charge in [0, 0.05) is 17.7 Å². The minimum Gasteiger partial charge on any atom is -0.201 e. The molecule has 1 aromatic heterocycles. The molecule has 0 fully saturated rings. The van der Waals surface area contributed by atoms with E-state index in [9.17, 15) is 0 Å². The summed E-state index contributed by atoms with van der Waals surface area (Å²) >= 11 is 0.